The van der Waals surface area contributed by atoms with Gasteiger partial charge >= 0.3 is 0 Å². The van der Waals surface area contributed by atoms with E-state index in [2.05, 4.69) is 34.6 Å². The van der Waals surface area contributed by atoms with Crippen LogP contribution in [0.25, 0.3) is 0 Å². The molecule has 2 rings (SSSR count). The lowest BCUT2D eigenvalue weighted by molar-refractivity contribution is -0.116. The van der Waals surface area contributed by atoms with Gasteiger partial charge in [0.2, 0.25) is 0 Å². The molecule has 0 heterocycles. The third-order valence-corrected chi connectivity index (χ3v) is 4.83. The van der Waals surface area contributed by atoms with Gasteiger partial charge in [-0.25, -0.2) is 0 Å². The first-order chi connectivity index (χ1) is 6.83. The molecular formula is C14H26O. The molecule has 2 aliphatic carbocycles. The number of fused-ring (bicyclic) bond motifs is 2. The molecule has 2 aliphatic rings. The first kappa shape index (κ1) is 11.4. The van der Waals surface area contributed by atoms with Crippen LogP contribution in [0.2, 0.25) is 0 Å². The molecule has 3 atom stereocenters. The highest BCUT2D eigenvalue weighted by atomic mass is 16.5. The number of hydrogen-bond donors (Lipinski definition) is 0. The van der Waals surface area contributed by atoms with E-state index in [1.54, 1.807) is 0 Å². The Balaban J connectivity index is 2.16. The summed E-state index contributed by atoms with van der Waals surface area (Å²) >= 11 is 0. The average molecular weight is 210 g/mol. The maximum absolute atomic E-state index is 6.15. The lowest BCUT2D eigenvalue weighted by Gasteiger charge is -2.47. The maximum atomic E-state index is 6.15. The number of rotatable bonds is 2. The second-order valence-electron chi connectivity index (χ2n) is 6.95. The van der Waals surface area contributed by atoms with E-state index in [9.17, 15) is 0 Å². The molecular weight excluding hydrogens is 184 g/mol. The Labute approximate surface area is 94.6 Å². The van der Waals surface area contributed by atoms with Crippen LogP contribution in [-0.4, -0.2) is 12.2 Å². The molecule has 1 nitrogen and oxygen atoms in total. The predicted octanol–water partition coefficient (Wildman–Crippen LogP) is 4.02. The fourth-order valence-corrected chi connectivity index (χ4v) is 3.67. The van der Waals surface area contributed by atoms with Gasteiger partial charge in [-0.3, -0.25) is 0 Å². The third kappa shape index (κ3) is 1.95. The minimum atomic E-state index is 0.371. The van der Waals surface area contributed by atoms with Crippen molar-refractivity contribution in [3.63, 3.8) is 0 Å². The maximum Gasteiger partial charge on any atom is 0.0637 e. The van der Waals surface area contributed by atoms with Crippen LogP contribution in [0, 0.1) is 16.7 Å². The van der Waals surface area contributed by atoms with Gasteiger partial charge in [-0.1, -0.05) is 20.8 Å². The van der Waals surface area contributed by atoms with Crippen molar-refractivity contribution in [1.82, 2.24) is 0 Å². The molecule has 0 aromatic rings. The summed E-state index contributed by atoms with van der Waals surface area (Å²) in [5.74, 6) is 0.889. The van der Waals surface area contributed by atoms with Gasteiger partial charge in [-0.15, -0.1) is 0 Å². The van der Waals surface area contributed by atoms with Crippen LogP contribution >= 0.6 is 0 Å². The molecule has 0 aromatic carbocycles. The highest BCUT2D eigenvalue weighted by Crippen LogP contribution is 2.59. The van der Waals surface area contributed by atoms with Crippen LogP contribution < -0.4 is 0 Å². The van der Waals surface area contributed by atoms with E-state index in [0.29, 0.717) is 23.0 Å². The molecule has 0 aliphatic heterocycles. The van der Waals surface area contributed by atoms with E-state index in [4.69, 9.17) is 4.74 Å². The Morgan fingerprint density at radius 3 is 2.40 bits per heavy atom. The van der Waals surface area contributed by atoms with Crippen LogP contribution in [0.5, 0.6) is 0 Å². The molecule has 15 heavy (non-hydrogen) atoms. The van der Waals surface area contributed by atoms with E-state index in [-0.39, 0.29) is 0 Å². The Kier molecular flexibility index (Phi) is 2.65. The molecule has 2 fully saturated rings. The van der Waals surface area contributed by atoms with Crippen molar-refractivity contribution in [2.75, 3.05) is 0 Å². The number of ether oxygens (including phenoxy) is 1. The molecule has 0 saturated heterocycles. The van der Waals surface area contributed by atoms with Gasteiger partial charge in [0.25, 0.3) is 0 Å². The quantitative estimate of drug-likeness (QED) is 0.669. The minimum Gasteiger partial charge on any atom is -0.375 e. The van der Waals surface area contributed by atoms with Gasteiger partial charge in [-0.2, -0.15) is 0 Å². The number of hydrogen-bond acceptors (Lipinski definition) is 1. The molecule has 3 unspecified atom stereocenters. The summed E-state index contributed by atoms with van der Waals surface area (Å²) in [7, 11) is 0. The monoisotopic (exact) mass is 210 g/mol. The zero-order valence-corrected chi connectivity index (χ0v) is 11.0. The standard InChI is InChI=1S/C14H26O/c1-10(2)15-12-9-14(5)7-6-11(8-14)13(12,3)4/h10-12H,6-9H2,1-5H3. The van der Waals surface area contributed by atoms with Gasteiger partial charge in [0.05, 0.1) is 12.2 Å². The lowest BCUT2D eigenvalue weighted by Crippen LogP contribution is -2.45. The van der Waals surface area contributed by atoms with E-state index in [0.717, 1.165) is 5.92 Å². The summed E-state index contributed by atoms with van der Waals surface area (Å²) in [6, 6.07) is 0. The average Bonchev–Trinajstić information content (AvgIpc) is 2.42. The highest BCUT2D eigenvalue weighted by Gasteiger charge is 2.52. The van der Waals surface area contributed by atoms with E-state index in [1.165, 1.54) is 25.7 Å². The predicted molar refractivity (Wildman–Crippen MR) is 63.9 cm³/mol. The Hall–Kier alpha value is -0.0400. The molecule has 2 bridgehead atoms. The molecule has 0 N–H and O–H groups in total. The lowest BCUT2D eigenvalue weighted by atomic mass is 9.63. The fourth-order valence-electron chi connectivity index (χ4n) is 3.67. The molecule has 0 amide bonds. The molecule has 1 heteroatoms. The summed E-state index contributed by atoms with van der Waals surface area (Å²) in [6.07, 6.45) is 6.38. The van der Waals surface area contributed by atoms with E-state index >= 15 is 0 Å². The molecule has 0 radical (unpaired) electrons. The fraction of sp³-hybridized carbons (Fsp3) is 1.00. The van der Waals surface area contributed by atoms with Gasteiger partial charge in [0.1, 0.15) is 0 Å². The SMILES string of the molecule is CC(C)OC1CC2(C)CCC(C2)C1(C)C. The summed E-state index contributed by atoms with van der Waals surface area (Å²) in [6.45, 7) is 11.6. The first-order valence-electron chi connectivity index (χ1n) is 6.49. The van der Waals surface area contributed by atoms with Gasteiger partial charge < -0.3 is 4.74 Å². The third-order valence-electron chi connectivity index (χ3n) is 4.83. The summed E-state index contributed by atoms with van der Waals surface area (Å²) in [4.78, 5) is 0. The van der Waals surface area contributed by atoms with E-state index < -0.39 is 0 Å². The largest absolute Gasteiger partial charge is 0.375 e. The van der Waals surface area contributed by atoms with Crippen molar-refractivity contribution in [1.29, 1.82) is 0 Å². The van der Waals surface area contributed by atoms with Crippen molar-refractivity contribution < 1.29 is 4.74 Å². The normalized spacial score (nSPS) is 43.6. The zero-order valence-electron chi connectivity index (χ0n) is 11.0. The minimum absolute atomic E-state index is 0.371. The second kappa shape index (κ2) is 3.48. The van der Waals surface area contributed by atoms with Crippen LogP contribution in [0.3, 0.4) is 0 Å². The van der Waals surface area contributed by atoms with Crippen molar-refractivity contribution in [3.8, 4) is 0 Å². The molecule has 88 valence electrons. The van der Waals surface area contributed by atoms with Crippen molar-refractivity contribution in [3.05, 3.63) is 0 Å². The molecule has 0 aromatic heterocycles. The summed E-state index contributed by atoms with van der Waals surface area (Å²) in [5.41, 5.74) is 0.972. The Morgan fingerprint density at radius 2 is 1.80 bits per heavy atom. The highest BCUT2D eigenvalue weighted by molar-refractivity contribution is 5.02. The van der Waals surface area contributed by atoms with E-state index in [1.807, 2.05) is 0 Å². The van der Waals surface area contributed by atoms with Crippen molar-refractivity contribution in [2.24, 2.45) is 16.7 Å². The smallest absolute Gasteiger partial charge is 0.0637 e. The van der Waals surface area contributed by atoms with Gasteiger partial charge in [-0.05, 0) is 56.3 Å². The molecule has 2 saturated carbocycles. The van der Waals surface area contributed by atoms with Crippen LogP contribution in [-0.2, 0) is 4.74 Å². The Bertz CT molecular complexity index is 244. The topological polar surface area (TPSA) is 9.23 Å². The zero-order chi connectivity index (χ0) is 11.3. The van der Waals surface area contributed by atoms with Crippen LogP contribution in [0.1, 0.15) is 60.3 Å². The summed E-state index contributed by atoms with van der Waals surface area (Å²) < 4.78 is 6.15. The van der Waals surface area contributed by atoms with Crippen LogP contribution in [0.4, 0.5) is 0 Å². The Morgan fingerprint density at radius 1 is 1.13 bits per heavy atom. The first-order valence-corrected chi connectivity index (χ1v) is 6.49. The van der Waals surface area contributed by atoms with Gasteiger partial charge in [0, 0.05) is 0 Å². The summed E-state index contributed by atoms with van der Waals surface area (Å²) in [5, 5.41) is 0. The van der Waals surface area contributed by atoms with Crippen LogP contribution in [0.15, 0.2) is 0 Å². The van der Waals surface area contributed by atoms with Crippen molar-refractivity contribution >= 4 is 0 Å². The van der Waals surface area contributed by atoms with Crippen molar-refractivity contribution in [2.45, 2.75) is 72.5 Å². The van der Waals surface area contributed by atoms with Gasteiger partial charge in [0.15, 0.2) is 0 Å². The second-order valence-corrected chi connectivity index (χ2v) is 6.95. The molecule has 0 spiro atoms.